The number of pyridine rings is 1. The second-order valence-corrected chi connectivity index (χ2v) is 6.94. The minimum absolute atomic E-state index is 0.0272. The highest BCUT2D eigenvalue weighted by molar-refractivity contribution is 6.29. The molecule has 13 heteroatoms. The predicted molar refractivity (Wildman–Crippen MR) is 110 cm³/mol. The molecule has 0 saturated heterocycles. The van der Waals surface area contributed by atoms with E-state index >= 15 is 0 Å². The highest BCUT2D eigenvalue weighted by Crippen LogP contribution is 2.26. The van der Waals surface area contributed by atoms with Crippen molar-refractivity contribution in [3.63, 3.8) is 0 Å². The lowest BCUT2D eigenvalue weighted by Gasteiger charge is -2.17. The number of fused-ring (bicyclic) bond motifs is 2. The zero-order valence-electron chi connectivity index (χ0n) is 16.8. The summed E-state index contributed by atoms with van der Waals surface area (Å²) in [5, 5.41) is 13.8. The Morgan fingerprint density at radius 2 is 2.10 bits per heavy atom. The van der Waals surface area contributed by atoms with Crippen molar-refractivity contribution in [2.24, 2.45) is 0 Å². The Morgan fingerprint density at radius 1 is 1.29 bits per heavy atom. The molecule has 0 bridgehead atoms. The van der Waals surface area contributed by atoms with E-state index in [1.807, 2.05) is 0 Å². The molecule has 2 N–H and O–H groups in total. The molecule has 0 radical (unpaired) electrons. The Morgan fingerprint density at radius 3 is 2.84 bits per heavy atom. The summed E-state index contributed by atoms with van der Waals surface area (Å²) in [5.74, 6) is -0.325. The molecule has 162 valence electrons. The lowest BCUT2D eigenvalue weighted by molar-refractivity contribution is 0.114. The van der Waals surface area contributed by atoms with Gasteiger partial charge in [-0.15, -0.1) is 5.10 Å². The smallest absolute Gasteiger partial charge is 0.323 e. The van der Waals surface area contributed by atoms with Gasteiger partial charge in [-0.05, 0) is 6.92 Å². The third-order valence-electron chi connectivity index (χ3n) is 4.44. The number of amides is 2. The molecule has 4 rings (SSSR count). The molecular weight excluding hydrogens is 431 g/mol. The molecule has 0 fully saturated rings. The minimum atomic E-state index is -0.643. The van der Waals surface area contributed by atoms with Crippen molar-refractivity contribution in [2.45, 2.75) is 19.6 Å². The molecule has 4 aromatic rings. The molecule has 0 unspecified atom stereocenters. The summed E-state index contributed by atoms with van der Waals surface area (Å²) in [6.07, 6.45) is 2.48. The van der Waals surface area contributed by atoms with Crippen molar-refractivity contribution < 1.29 is 18.7 Å². The number of nitrogens with zero attached hydrogens (tertiary/aromatic N) is 6. The van der Waals surface area contributed by atoms with Gasteiger partial charge in [0.2, 0.25) is 0 Å². The van der Waals surface area contributed by atoms with Crippen LogP contribution in [0.2, 0.25) is 5.15 Å². The fraction of sp³-hybridized carbons (Fsp3) is 0.278. The van der Waals surface area contributed by atoms with E-state index in [1.165, 1.54) is 35.6 Å². The number of methoxy groups -OCH3 is 2. The number of anilines is 2. The summed E-state index contributed by atoms with van der Waals surface area (Å²) in [4.78, 5) is 20.9. The lowest BCUT2D eigenvalue weighted by atomic mass is 10.2. The Labute approximate surface area is 180 Å². The molecule has 4 aromatic heterocycles. The van der Waals surface area contributed by atoms with Crippen molar-refractivity contribution in [3.05, 3.63) is 47.0 Å². The summed E-state index contributed by atoms with van der Waals surface area (Å²) in [5.41, 5.74) is 1.59. The number of carbonyl (C=O) groups is 1. The van der Waals surface area contributed by atoms with Gasteiger partial charge < -0.3 is 20.1 Å². The van der Waals surface area contributed by atoms with Crippen molar-refractivity contribution in [1.29, 1.82) is 0 Å². The molecule has 0 aliphatic heterocycles. The maximum Gasteiger partial charge on any atom is 0.323 e. The van der Waals surface area contributed by atoms with Crippen LogP contribution in [0.1, 0.15) is 24.5 Å². The average Bonchev–Trinajstić information content (AvgIpc) is 3.30. The summed E-state index contributed by atoms with van der Waals surface area (Å²) in [6.45, 7) is 1.93. The van der Waals surface area contributed by atoms with Gasteiger partial charge in [0.05, 0.1) is 35.6 Å². The van der Waals surface area contributed by atoms with E-state index < -0.39 is 18.0 Å². The first-order valence-corrected chi connectivity index (χ1v) is 9.46. The normalized spacial score (nSPS) is 12.4. The molecule has 2 amide bonds. The second-order valence-electron chi connectivity index (χ2n) is 6.56. The van der Waals surface area contributed by atoms with Crippen LogP contribution in [0, 0.1) is 5.82 Å². The Kier molecular flexibility index (Phi) is 5.67. The number of rotatable bonds is 6. The summed E-state index contributed by atoms with van der Waals surface area (Å²) < 4.78 is 27.5. The molecule has 11 nitrogen and oxygen atoms in total. The third-order valence-corrected chi connectivity index (χ3v) is 4.63. The standard InChI is InChI=1S/C18H18ClFN8O3/c1-9(31-3)16-12(6-21-15-5-13(19)25-28(15)16)23-18(29)22-10-4-11(20)17-24-14(8-30-2)26-27(17)7-10/h4-7,9H,8H2,1-3H3,(H2,22,23,29)/t9-/m0/s1. The van der Waals surface area contributed by atoms with Crippen LogP contribution in [0.15, 0.2) is 24.5 Å². The first-order valence-electron chi connectivity index (χ1n) is 9.08. The highest BCUT2D eigenvalue weighted by atomic mass is 35.5. The zero-order valence-corrected chi connectivity index (χ0v) is 17.5. The van der Waals surface area contributed by atoms with E-state index in [9.17, 15) is 9.18 Å². The number of ether oxygens (including phenoxy) is 2. The van der Waals surface area contributed by atoms with Gasteiger partial charge in [0.1, 0.15) is 6.61 Å². The van der Waals surface area contributed by atoms with Crippen molar-refractivity contribution in [3.8, 4) is 0 Å². The quantitative estimate of drug-likeness (QED) is 0.465. The topological polar surface area (TPSA) is 120 Å². The van der Waals surface area contributed by atoms with Gasteiger partial charge in [0.15, 0.2) is 28.1 Å². The molecule has 0 spiro atoms. The van der Waals surface area contributed by atoms with E-state index in [-0.39, 0.29) is 23.1 Å². The fourth-order valence-electron chi connectivity index (χ4n) is 3.06. The maximum atomic E-state index is 14.4. The molecular formula is C18H18ClFN8O3. The number of halogens is 2. The SMILES string of the molecule is COCc1nc2c(F)cc(NC(=O)Nc3cnc4cc(Cl)nn4c3[C@H](C)OC)cn2n1. The lowest BCUT2D eigenvalue weighted by Crippen LogP contribution is -2.22. The number of nitrogens with one attached hydrogen (secondary N) is 2. The van der Waals surface area contributed by atoms with Crippen molar-refractivity contribution in [2.75, 3.05) is 24.9 Å². The maximum absolute atomic E-state index is 14.4. The molecule has 0 aromatic carbocycles. The van der Waals surface area contributed by atoms with Gasteiger partial charge in [0.25, 0.3) is 0 Å². The van der Waals surface area contributed by atoms with Crippen LogP contribution in [0.3, 0.4) is 0 Å². The number of aromatic nitrogens is 6. The van der Waals surface area contributed by atoms with E-state index in [0.717, 1.165) is 6.07 Å². The van der Waals surface area contributed by atoms with E-state index in [2.05, 4.69) is 30.8 Å². The molecule has 0 aliphatic rings. The number of carbonyl (C=O) groups excluding carboxylic acids is 1. The van der Waals surface area contributed by atoms with Crippen LogP contribution < -0.4 is 10.6 Å². The predicted octanol–water partition coefficient (Wildman–Crippen LogP) is 3.06. The largest absolute Gasteiger partial charge is 0.377 e. The summed E-state index contributed by atoms with van der Waals surface area (Å²) >= 11 is 5.98. The van der Waals surface area contributed by atoms with E-state index in [0.29, 0.717) is 22.9 Å². The zero-order chi connectivity index (χ0) is 22.1. The van der Waals surface area contributed by atoms with Crippen LogP contribution in [-0.2, 0) is 16.1 Å². The Bertz CT molecular complexity index is 1270. The Hall–Kier alpha value is -3.35. The van der Waals surface area contributed by atoms with Gasteiger partial charge >= 0.3 is 6.03 Å². The van der Waals surface area contributed by atoms with Gasteiger partial charge in [-0.2, -0.15) is 5.10 Å². The van der Waals surface area contributed by atoms with Crippen LogP contribution >= 0.6 is 11.6 Å². The number of hydrogen-bond acceptors (Lipinski definition) is 7. The molecule has 0 saturated carbocycles. The van der Waals surface area contributed by atoms with E-state index in [4.69, 9.17) is 21.1 Å². The van der Waals surface area contributed by atoms with Crippen molar-refractivity contribution in [1.82, 2.24) is 29.2 Å². The van der Waals surface area contributed by atoms with Crippen LogP contribution in [0.25, 0.3) is 11.3 Å². The highest BCUT2D eigenvalue weighted by Gasteiger charge is 2.19. The first-order chi connectivity index (χ1) is 14.9. The van der Waals surface area contributed by atoms with E-state index in [1.54, 1.807) is 13.0 Å². The summed E-state index contributed by atoms with van der Waals surface area (Å²) in [6, 6.07) is 2.11. The summed E-state index contributed by atoms with van der Waals surface area (Å²) in [7, 11) is 3.02. The van der Waals surface area contributed by atoms with Gasteiger partial charge in [-0.1, -0.05) is 11.6 Å². The third kappa shape index (κ3) is 4.13. The monoisotopic (exact) mass is 448 g/mol. The van der Waals surface area contributed by atoms with Gasteiger partial charge in [0, 0.05) is 26.4 Å². The molecule has 4 heterocycles. The number of hydrogen-bond donors (Lipinski definition) is 2. The second kappa shape index (κ2) is 8.41. The average molecular weight is 449 g/mol. The number of urea groups is 1. The van der Waals surface area contributed by atoms with Crippen molar-refractivity contribution >= 4 is 40.3 Å². The van der Waals surface area contributed by atoms with Gasteiger partial charge in [-0.25, -0.2) is 28.2 Å². The molecule has 0 aliphatic carbocycles. The molecule has 1 atom stereocenters. The van der Waals surface area contributed by atoms with Crippen LogP contribution in [0.5, 0.6) is 0 Å². The fourth-order valence-corrected chi connectivity index (χ4v) is 3.23. The van der Waals surface area contributed by atoms with Gasteiger partial charge in [-0.3, -0.25) is 0 Å². The minimum Gasteiger partial charge on any atom is -0.377 e. The molecule has 31 heavy (non-hydrogen) atoms. The van der Waals surface area contributed by atoms with Crippen LogP contribution in [-0.4, -0.2) is 49.4 Å². The van der Waals surface area contributed by atoms with Crippen LogP contribution in [0.4, 0.5) is 20.6 Å². The first kappa shape index (κ1) is 20.9. The Balaban J connectivity index is 1.61.